The molecule has 2 nitrogen and oxygen atoms in total. The first-order valence-electron chi connectivity index (χ1n) is 5.02. The highest BCUT2D eigenvalue weighted by atomic mass is 32.1. The number of nitrogens with one attached hydrogen (secondary N) is 1. The average molecular weight is 247 g/mol. The molecule has 0 saturated carbocycles. The molecule has 0 atom stereocenters. The minimum Gasteiger partial charge on any atom is -0.319 e. The highest BCUT2D eigenvalue weighted by Crippen LogP contribution is 2.14. The van der Waals surface area contributed by atoms with Crippen molar-refractivity contribution in [2.75, 3.05) is 5.32 Å². The molecule has 2 aromatic rings. The monoisotopic (exact) mass is 247 g/mol. The van der Waals surface area contributed by atoms with Gasteiger partial charge in [-0.25, -0.2) is 4.39 Å². The van der Waals surface area contributed by atoms with Crippen LogP contribution in [0.2, 0.25) is 0 Å². The topological polar surface area (TPSA) is 29.1 Å². The molecule has 0 radical (unpaired) electrons. The number of benzene rings is 2. The fraction of sp³-hybridized carbons (Fsp3) is 0. The number of hydrogen-bond donors (Lipinski definition) is 2. The van der Waals surface area contributed by atoms with Crippen LogP contribution in [0.5, 0.6) is 0 Å². The molecule has 1 amide bonds. The molecule has 17 heavy (non-hydrogen) atoms. The summed E-state index contributed by atoms with van der Waals surface area (Å²) < 4.78 is 13.3. The van der Waals surface area contributed by atoms with Crippen molar-refractivity contribution in [3.63, 3.8) is 0 Å². The summed E-state index contributed by atoms with van der Waals surface area (Å²) in [5, 5.41) is 2.51. The van der Waals surface area contributed by atoms with Gasteiger partial charge in [-0.05, 0) is 36.4 Å². The lowest BCUT2D eigenvalue weighted by Gasteiger charge is -2.06. The van der Waals surface area contributed by atoms with Gasteiger partial charge in [0, 0.05) is 10.5 Å². The zero-order valence-electron chi connectivity index (χ0n) is 8.85. The second-order valence-corrected chi connectivity index (χ2v) is 4.00. The first kappa shape index (κ1) is 11.7. The Morgan fingerprint density at radius 1 is 1.06 bits per heavy atom. The van der Waals surface area contributed by atoms with Gasteiger partial charge < -0.3 is 5.32 Å². The Morgan fingerprint density at radius 2 is 1.71 bits per heavy atom. The summed E-state index contributed by atoms with van der Waals surface area (Å²) in [6, 6.07) is 12.7. The fourth-order valence-corrected chi connectivity index (χ4v) is 1.52. The molecule has 0 aliphatic rings. The smallest absolute Gasteiger partial charge is 0.255 e. The number of thiol groups is 1. The predicted octanol–water partition coefficient (Wildman–Crippen LogP) is 3.37. The molecule has 0 fully saturated rings. The number of halogens is 1. The summed E-state index contributed by atoms with van der Waals surface area (Å²) in [5.41, 5.74) is 0.638. The van der Waals surface area contributed by atoms with Crippen LogP contribution < -0.4 is 5.32 Å². The van der Waals surface area contributed by atoms with E-state index >= 15 is 0 Å². The van der Waals surface area contributed by atoms with Gasteiger partial charge in [0.2, 0.25) is 0 Å². The van der Waals surface area contributed by atoms with E-state index in [4.69, 9.17) is 0 Å². The lowest BCUT2D eigenvalue weighted by atomic mass is 10.2. The van der Waals surface area contributed by atoms with Gasteiger partial charge in [-0.15, -0.1) is 12.6 Å². The molecular weight excluding hydrogens is 237 g/mol. The molecule has 1 N–H and O–H groups in total. The Morgan fingerprint density at radius 3 is 2.35 bits per heavy atom. The minimum atomic E-state index is -0.452. The standard InChI is InChI=1S/C13H10FNOS/c14-11-3-1-2-4-12(11)15-13(16)9-5-7-10(17)8-6-9/h1-8,17H,(H,15,16). The van der Waals surface area contributed by atoms with Crippen LogP contribution in [0, 0.1) is 5.82 Å². The van der Waals surface area contributed by atoms with Crippen LogP contribution in [0.1, 0.15) is 10.4 Å². The summed E-state index contributed by atoms with van der Waals surface area (Å²) in [6.45, 7) is 0. The number of hydrogen-bond acceptors (Lipinski definition) is 2. The Bertz CT molecular complexity index is 539. The van der Waals surface area contributed by atoms with E-state index in [-0.39, 0.29) is 11.6 Å². The van der Waals surface area contributed by atoms with E-state index in [1.165, 1.54) is 12.1 Å². The van der Waals surface area contributed by atoms with Gasteiger partial charge in [0.05, 0.1) is 5.69 Å². The second kappa shape index (κ2) is 5.01. The molecule has 4 heteroatoms. The normalized spacial score (nSPS) is 10.0. The predicted molar refractivity (Wildman–Crippen MR) is 68.0 cm³/mol. The number of para-hydroxylation sites is 1. The largest absolute Gasteiger partial charge is 0.319 e. The Kier molecular flexibility index (Phi) is 3.44. The average Bonchev–Trinajstić information content (AvgIpc) is 2.33. The van der Waals surface area contributed by atoms with E-state index in [0.29, 0.717) is 5.56 Å². The van der Waals surface area contributed by atoms with Crippen LogP contribution in [-0.4, -0.2) is 5.91 Å². The molecule has 2 aromatic carbocycles. The number of carbonyl (C=O) groups excluding carboxylic acids is 1. The SMILES string of the molecule is O=C(Nc1ccccc1F)c1ccc(S)cc1. The molecule has 0 heterocycles. The molecule has 0 aliphatic carbocycles. The Balaban J connectivity index is 2.17. The van der Waals surface area contributed by atoms with Gasteiger partial charge in [-0.3, -0.25) is 4.79 Å². The molecule has 0 spiro atoms. The molecule has 0 bridgehead atoms. The fourth-order valence-electron chi connectivity index (χ4n) is 1.37. The van der Waals surface area contributed by atoms with E-state index < -0.39 is 5.82 Å². The first-order valence-corrected chi connectivity index (χ1v) is 5.46. The van der Waals surface area contributed by atoms with Gasteiger partial charge in [0.15, 0.2) is 0 Å². The quantitative estimate of drug-likeness (QED) is 0.783. The highest BCUT2D eigenvalue weighted by molar-refractivity contribution is 7.80. The van der Waals surface area contributed by atoms with E-state index in [1.807, 2.05) is 0 Å². The van der Waals surface area contributed by atoms with Crippen LogP contribution in [0.25, 0.3) is 0 Å². The van der Waals surface area contributed by atoms with Crippen LogP contribution in [0.15, 0.2) is 53.4 Å². The lowest BCUT2D eigenvalue weighted by molar-refractivity contribution is 0.102. The Hall–Kier alpha value is -1.81. The molecule has 0 aliphatic heterocycles. The summed E-state index contributed by atoms with van der Waals surface area (Å²) in [6.07, 6.45) is 0. The van der Waals surface area contributed by atoms with E-state index in [1.54, 1.807) is 36.4 Å². The van der Waals surface area contributed by atoms with Crippen molar-refractivity contribution < 1.29 is 9.18 Å². The third-order valence-electron chi connectivity index (χ3n) is 2.25. The zero-order chi connectivity index (χ0) is 12.3. The summed E-state index contributed by atoms with van der Waals surface area (Å²) >= 11 is 4.12. The summed E-state index contributed by atoms with van der Waals surface area (Å²) in [5.74, 6) is -0.796. The molecule has 0 saturated heterocycles. The highest BCUT2D eigenvalue weighted by Gasteiger charge is 2.08. The zero-order valence-corrected chi connectivity index (χ0v) is 9.75. The third kappa shape index (κ3) is 2.85. The summed E-state index contributed by atoms with van der Waals surface area (Å²) in [7, 11) is 0. The van der Waals surface area contributed by atoms with Crippen LogP contribution in [-0.2, 0) is 0 Å². The van der Waals surface area contributed by atoms with E-state index in [9.17, 15) is 9.18 Å². The molecule has 0 unspecified atom stereocenters. The second-order valence-electron chi connectivity index (χ2n) is 3.48. The molecule has 2 rings (SSSR count). The first-order chi connectivity index (χ1) is 8.16. The summed E-state index contributed by atoms with van der Waals surface area (Å²) in [4.78, 5) is 12.5. The minimum absolute atomic E-state index is 0.174. The molecule has 86 valence electrons. The maximum absolute atomic E-state index is 13.3. The number of amides is 1. The van der Waals surface area contributed by atoms with Gasteiger partial charge in [0.1, 0.15) is 5.82 Å². The lowest BCUT2D eigenvalue weighted by Crippen LogP contribution is -2.12. The van der Waals surface area contributed by atoms with Crippen LogP contribution >= 0.6 is 12.6 Å². The van der Waals surface area contributed by atoms with Crippen LogP contribution in [0.4, 0.5) is 10.1 Å². The molecule has 0 aromatic heterocycles. The van der Waals surface area contributed by atoms with Gasteiger partial charge in [-0.2, -0.15) is 0 Å². The molecular formula is C13H10FNOS. The third-order valence-corrected chi connectivity index (χ3v) is 2.55. The van der Waals surface area contributed by atoms with Crippen molar-refractivity contribution in [2.24, 2.45) is 0 Å². The van der Waals surface area contributed by atoms with Crippen molar-refractivity contribution in [3.05, 3.63) is 59.9 Å². The Labute approximate surface area is 104 Å². The van der Waals surface area contributed by atoms with Gasteiger partial charge in [0.25, 0.3) is 5.91 Å². The van der Waals surface area contributed by atoms with Crippen molar-refractivity contribution in [2.45, 2.75) is 4.90 Å². The van der Waals surface area contributed by atoms with Crippen molar-refractivity contribution >= 4 is 24.2 Å². The van der Waals surface area contributed by atoms with Crippen molar-refractivity contribution in [1.29, 1.82) is 0 Å². The number of rotatable bonds is 2. The van der Waals surface area contributed by atoms with Crippen molar-refractivity contribution in [3.8, 4) is 0 Å². The number of anilines is 1. The van der Waals surface area contributed by atoms with E-state index in [2.05, 4.69) is 17.9 Å². The van der Waals surface area contributed by atoms with Crippen molar-refractivity contribution in [1.82, 2.24) is 0 Å². The number of carbonyl (C=O) groups is 1. The van der Waals surface area contributed by atoms with Crippen LogP contribution in [0.3, 0.4) is 0 Å². The van der Waals surface area contributed by atoms with E-state index in [0.717, 1.165) is 4.90 Å². The van der Waals surface area contributed by atoms with Gasteiger partial charge in [-0.1, -0.05) is 12.1 Å². The van der Waals surface area contributed by atoms with Gasteiger partial charge >= 0.3 is 0 Å². The maximum Gasteiger partial charge on any atom is 0.255 e. The maximum atomic E-state index is 13.3.